The van der Waals surface area contributed by atoms with Gasteiger partial charge in [-0.1, -0.05) is 6.07 Å². The molecule has 1 aromatic carbocycles. The Morgan fingerprint density at radius 3 is 2.57 bits per heavy atom. The Hall–Kier alpha value is -2.61. The van der Waals surface area contributed by atoms with Crippen molar-refractivity contribution >= 4 is 17.4 Å². The second-order valence-electron chi connectivity index (χ2n) is 5.07. The molecule has 2 N–H and O–H groups in total. The van der Waals surface area contributed by atoms with Gasteiger partial charge in [0.15, 0.2) is 0 Å². The highest BCUT2D eigenvalue weighted by molar-refractivity contribution is 5.92. The molecule has 0 aliphatic carbocycles. The molecule has 0 aliphatic rings. The van der Waals surface area contributed by atoms with Gasteiger partial charge in [0.1, 0.15) is 35.2 Å². The van der Waals surface area contributed by atoms with Gasteiger partial charge in [0.25, 0.3) is 5.91 Å². The summed E-state index contributed by atoms with van der Waals surface area (Å²) in [4.78, 5) is 21.6. The van der Waals surface area contributed by atoms with Crippen LogP contribution in [0.4, 0.5) is 20.3 Å². The first-order valence-electron chi connectivity index (χ1n) is 6.93. The van der Waals surface area contributed by atoms with Crippen molar-refractivity contribution in [1.29, 1.82) is 0 Å². The lowest BCUT2D eigenvalue weighted by Gasteiger charge is -2.11. The standard InChI is InChI=1S/C15H17F2N5O/c1-22(2)7-6-18-15(23)12-8-13(20-9-19-12)21-14-10(16)4-3-5-11(14)17/h3-5,8-9H,6-7H2,1-2H3,(H,18,23)(H,19,20,21). The van der Waals surface area contributed by atoms with Gasteiger partial charge in [-0.25, -0.2) is 18.7 Å². The van der Waals surface area contributed by atoms with E-state index < -0.39 is 11.6 Å². The lowest BCUT2D eigenvalue weighted by Crippen LogP contribution is -2.31. The Balaban J connectivity index is 2.09. The van der Waals surface area contributed by atoms with Crippen LogP contribution >= 0.6 is 0 Å². The van der Waals surface area contributed by atoms with Crippen molar-refractivity contribution in [2.75, 3.05) is 32.5 Å². The number of anilines is 2. The first-order chi connectivity index (χ1) is 11.0. The number of hydrogen-bond donors (Lipinski definition) is 2. The van der Waals surface area contributed by atoms with Crippen molar-refractivity contribution in [2.24, 2.45) is 0 Å². The van der Waals surface area contributed by atoms with Gasteiger partial charge in [-0.15, -0.1) is 0 Å². The molecule has 1 aromatic heterocycles. The first-order valence-corrected chi connectivity index (χ1v) is 6.93. The van der Waals surface area contributed by atoms with Crippen molar-refractivity contribution in [1.82, 2.24) is 20.2 Å². The van der Waals surface area contributed by atoms with E-state index in [0.29, 0.717) is 13.1 Å². The number of benzene rings is 1. The normalized spacial score (nSPS) is 10.7. The second-order valence-corrected chi connectivity index (χ2v) is 5.07. The van der Waals surface area contributed by atoms with Gasteiger partial charge >= 0.3 is 0 Å². The zero-order valence-corrected chi connectivity index (χ0v) is 12.8. The Bertz CT molecular complexity index is 673. The average Bonchev–Trinajstić information content (AvgIpc) is 2.51. The minimum Gasteiger partial charge on any atom is -0.349 e. The molecule has 0 saturated heterocycles. The molecular weight excluding hydrogens is 304 g/mol. The summed E-state index contributed by atoms with van der Waals surface area (Å²) in [7, 11) is 3.78. The number of para-hydroxylation sites is 1. The monoisotopic (exact) mass is 321 g/mol. The number of nitrogens with one attached hydrogen (secondary N) is 2. The summed E-state index contributed by atoms with van der Waals surface area (Å²) in [5.41, 5.74) is -0.219. The highest BCUT2D eigenvalue weighted by Crippen LogP contribution is 2.21. The van der Waals surface area contributed by atoms with Gasteiger partial charge in [-0.05, 0) is 26.2 Å². The van der Waals surface area contributed by atoms with E-state index in [0.717, 1.165) is 18.5 Å². The maximum Gasteiger partial charge on any atom is 0.270 e. The van der Waals surface area contributed by atoms with Crippen molar-refractivity contribution in [2.45, 2.75) is 0 Å². The van der Waals surface area contributed by atoms with E-state index in [9.17, 15) is 13.6 Å². The van der Waals surface area contributed by atoms with E-state index >= 15 is 0 Å². The molecule has 1 heterocycles. The summed E-state index contributed by atoms with van der Waals surface area (Å²) >= 11 is 0. The fraction of sp³-hybridized carbons (Fsp3) is 0.267. The van der Waals surface area contributed by atoms with Gasteiger partial charge in [-0.3, -0.25) is 4.79 Å². The van der Waals surface area contributed by atoms with E-state index in [1.165, 1.54) is 12.1 Å². The molecule has 2 rings (SSSR count). The number of likely N-dealkylation sites (N-methyl/N-ethyl adjacent to an activating group) is 1. The number of hydrogen-bond acceptors (Lipinski definition) is 5. The predicted molar refractivity (Wildman–Crippen MR) is 82.6 cm³/mol. The van der Waals surface area contributed by atoms with E-state index in [1.54, 1.807) is 0 Å². The molecule has 0 spiro atoms. The van der Waals surface area contributed by atoms with Crippen LogP contribution in [0.1, 0.15) is 10.5 Å². The van der Waals surface area contributed by atoms with Crippen molar-refractivity contribution in [3.63, 3.8) is 0 Å². The number of halogens is 2. The van der Waals surface area contributed by atoms with Crippen LogP contribution in [0.5, 0.6) is 0 Å². The van der Waals surface area contributed by atoms with Gasteiger partial charge in [0, 0.05) is 19.2 Å². The summed E-state index contributed by atoms with van der Waals surface area (Å²) in [6, 6.07) is 4.85. The minimum atomic E-state index is -0.749. The average molecular weight is 321 g/mol. The number of amides is 1. The van der Waals surface area contributed by atoms with Crippen LogP contribution in [0.25, 0.3) is 0 Å². The van der Waals surface area contributed by atoms with Crippen LogP contribution in [0.15, 0.2) is 30.6 Å². The SMILES string of the molecule is CN(C)CCNC(=O)c1cc(Nc2c(F)cccc2F)ncn1. The maximum absolute atomic E-state index is 13.6. The third kappa shape index (κ3) is 4.68. The zero-order valence-electron chi connectivity index (χ0n) is 12.8. The summed E-state index contributed by atoms with van der Waals surface area (Å²) in [5, 5.41) is 5.22. The van der Waals surface area contributed by atoms with Crippen molar-refractivity contribution in [3.8, 4) is 0 Å². The van der Waals surface area contributed by atoms with Gasteiger partial charge in [0.05, 0.1) is 0 Å². The van der Waals surface area contributed by atoms with E-state index in [-0.39, 0.29) is 23.1 Å². The highest BCUT2D eigenvalue weighted by atomic mass is 19.1. The molecule has 0 atom stereocenters. The van der Waals surface area contributed by atoms with Gasteiger partial charge in [0.2, 0.25) is 0 Å². The second kappa shape index (κ2) is 7.59. The maximum atomic E-state index is 13.6. The van der Waals surface area contributed by atoms with Crippen LogP contribution in [-0.4, -0.2) is 48.0 Å². The highest BCUT2D eigenvalue weighted by Gasteiger charge is 2.12. The number of carbonyl (C=O) groups excluding carboxylic acids is 1. The quantitative estimate of drug-likeness (QED) is 0.849. The van der Waals surface area contributed by atoms with Gasteiger partial charge < -0.3 is 15.5 Å². The molecule has 6 nitrogen and oxygen atoms in total. The van der Waals surface area contributed by atoms with Crippen LogP contribution in [0.2, 0.25) is 0 Å². The molecule has 0 unspecified atom stereocenters. The molecule has 0 aliphatic heterocycles. The number of nitrogens with zero attached hydrogens (tertiary/aromatic N) is 3. The smallest absolute Gasteiger partial charge is 0.270 e. The molecule has 23 heavy (non-hydrogen) atoms. The molecule has 0 saturated carbocycles. The van der Waals surface area contributed by atoms with E-state index in [1.807, 2.05) is 19.0 Å². The van der Waals surface area contributed by atoms with Crippen LogP contribution < -0.4 is 10.6 Å². The number of aromatic nitrogens is 2. The Kier molecular flexibility index (Phi) is 5.53. The largest absolute Gasteiger partial charge is 0.349 e. The molecular formula is C15H17F2N5O. The third-order valence-electron chi connectivity index (χ3n) is 2.96. The molecule has 0 bridgehead atoms. The van der Waals surface area contributed by atoms with Crippen molar-refractivity contribution in [3.05, 3.63) is 47.9 Å². The van der Waals surface area contributed by atoms with E-state index in [2.05, 4.69) is 20.6 Å². The predicted octanol–water partition coefficient (Wildman–Crippen LogP) is 1.79. The fourth-order valence-electron chi connectivity index (χ4n) is 1.78. The molecule has 2 aromatic rings. The molecule has 0 radical (unpaired) electrons. The number of carbonyl (C=O) groups is 1. The lowest BCUT2D eigenvalue weighted by atomic mass is 10.3. The summed E-state index contributed by atoms with van der Waals surface area (Å²) < 4.78 is 27.2. The third-order valence-corrected chi connectivity index (χ3v) is 2.96. The topological polar surface area (TPSA) is 70.2 Å². The zero-order chi connectivity index (χ0) is 16.8. The summed E-state index contributed by atoms with van der Waals surface area (Å²) in [6.45, 7) is 1.14. The Morgan fingerprint density at radius 2 is 1.91 bits per heavy atom. The van der Waals surface area contributed by atoms with Gasteiger partial charge in [-0.2, -0.15) is 0 Å². The van der Waals surface area contributed by atoms with Crippen molar-refractivity contribution < 1.29 is 13.6 Å². The number of rotatable bonds is 6. The van der Waals surface area contributed by atoms with Crippen LogP contribution in [-0.2, 0) is 0 Å². The fourth-order valence-corrected chi connectivity index (χ4v) is 1.78. The first kappa shape index (κ1) is 16.8. The Morgan fingerprint density at radius 1 is 1.22 bits per heavy atom. The summed E-state index contributed by atoms with van der Waals surface area (Å²) in [6.07, 6.45) is 1.15. The minimum absolute atomic E-state index is 0.109. The molecule has 1 amide bonds. The lowest BCUT2D eigenvalue weighted by molar-refractivity contribution is 0.0946. The summed E-state index contributed by atoms with van der Waals surface area (Å²) in [5.74, 6) is -1.76. The van der Waals surface area contributed by atoms with Crippen LogP contribution in [0, 0.1) is 11.6 Å². The molecule has 8 heteroatoms. The van der Waals surface area contributed by atoms with E-state index in [4.69, 9.17) is 0 Å². The Labute approximate surface area is 132 Å². The molecule has 0 fully saturated rings. The van der Waals surface area contributed by atoms with Crippen LogP contribution in [0.3, 0.4) is 0 Å². The molecule has 122 valence electrons.